The standard InChI is InChI=1S/C20H20ClF2N3O5/c1-3-31-9-11-7-26-8-12(17(27)18(28)16(26)20(30)25(11)2)19(29)24-6-10-4-5-13(22)14(21)15(10)23/h4-5,8,11,28H,3,6-7,9H2,1-2H3,(H,24,29)/t11-/m0/s1. The Labute approximate surface area is 181 Å². The van der Waals surface area contributed by atoms with E-state index in [0.717, 1.165) is 12.1 Å². The van der Waals surface area contributed by atoms with Gasteiger partial charge in [-0.3, -0.25) is 14.4 Å². The van der Waals surface area contributed by atoms with Crippen molar-refractivity contribution in [1.29, 1.82) is 0 Å². The Balaban J connectivity index is 1.88. The summed E-state index contributed by atoms with van der Waals surface area (Å²) < 4.78 is 34.0. The van der Waals surface area contributed by atoms with E-state index >= 15 is 0 Å². The lowest BCUT2D eigenvalue weighted by Crippen LogP contribution is -2.49. The second-order valence-electron chi connectivity index (χ2n) is 6.97. The molecule has 166 valence electrons. The zero-order valence-electron chi connectivity index (χ0n) is 16.7. The number of carbonyl (C=O) groups excluding carboxylic acids is 2. The smallest absolute Gasteiger partial charge is 0.274 e. The molecule has 2 amide bonds. The highest BCUT2D eigenvalue weighted by molar-refractivity contribution is 6.30. The number of ether oxygens (including phenoxy) is 1. The second-order valence-corrected chi connectivity index (χ2v) is 7.35. The maximum Gasteiger partial charge on any atom is 0.274 e. The number of benzene rings is 1. The highest BCUT2D eigenvalue weighted by Gasteiger charge is 2.34. The number of amides is 2. The van der Waals surface area contributed by atoms with Crippen molar-refractivity contribution in [1.82, 2.24) is 14.8 Å². The topological polar surface area (TPSA) is 101 Å². The first-order chi connectivity index (χ1) is 14.7. The SMILES string of the molecule is CCOC[C@@H]1Cn2cc(C(=O)NCc3ccc(F)c(Cl)c3F)c(=O)c(O)c2C(=O)N1C. The van der Waals surface area contributed by atoms with Crippen molar-refractivity contribution < 1.29 is 28.2 Å². The summed E-state index contributed by atoms with van der Waals surface area (Å²) in [6, 6.07) is 1.70. The van der Waals surface area contributed by atoms with Crippen molar-refractivity contribution in [2.45, 2.75) is 26.1 Å². The van der Waals surface area contributed by atoms with E-state index in [9.17, 15) is 28.3 Å². The van der Waals surface area contributed by atoms with Gasteiger partial charge in [-0.2, -0.15) is 0 Å². The maximum atomic E-state index is 14.0. The molecule has 0 radical (unpaired) electrons. The maximum absolute atomic E-state index is 14.0. The summed E-state index contributed by atoms with van der Waals surface area (Å²) in [6.07, 6.45) is 1.17. The molecular formula is C20H20ClF2N3O5. The van der Waals surface area contributed by atoms with Gasteiger partial charge >= 0.3 is 0 Å². The fraction of sp³-hybridized carbons (Fsp3) is 0.350. The monoisotopic (exact) mass is 455 g/mol. The van der Waals surface area contributed by atoms with Crippen LogP contribution in [-0.4, -0.2) is 52.7 Å². The van der Waals surface area contributed by atoms with Gasteiger partial charge in [0.1, 0.15) is 22.2 Å². The molecule has 0 unspecified atom stereocenters. The molecule has 0 bridgehead atoms. The van der Waals surface area contributed by atoms with E-state index in [1.165, 1.54) is 22.7 Å². The largest absolute Gasteiger partial charge is 0.503 e. The third-order valence-electron chi connectivity index (χ3n) is 5.05. The molecule has 0 saturated carbocycles. The van der Waals surface area contributed by atoms with Gasteiger partial charge in [0.05, 0.1) is 12.6 Å². The quantitative estimate of drug-likeness (QED) is 0.648. The zero-order valence-corrected chi connectivity index (χ0v) is 17.5. The molecule has 1 aromatic carbocycles. The molecule has 11 heteroatoms. The molecule has 1 atom stereocenters. The van der Waals surface area contributed by atoms with Crippen molar-refractivity contribution in [2.24, 2.45) is 0 Å². The van der Waals surface area contributed by atoms with Crippen LogP contribution in [-0.2, 0) is 17.8 Å². The lowest BCUT2D eigenvalue weighted by Gasteiger charge is -2.35. The molecule has 2 heterocycles. The molecule has 1 aliphatic rings. The average Bonchev–Trinajstić information content (AvgIpc) is 2.75. The summed E-state index contributed by atoms with van der Waals surface area (Å²) in [7, 11) is 1.53. The fourth-order valence-corrected chi connectivity index (χ4v) is 3.44. The molecule has 2 aromatic rings. The van der Waals surface area contributed by atoms with Crippen LogP contribution in [0.5, 0.6) is 5.75 Å². The number of nitrogens with zero attached hydrogens (tertiary/aromatic N) is 2. The number of likely N-dealkylation sites (N-methyl/N-ethyl adjacent to an activating group) is 1. The Morgan fingerprint density at radius 1 is 1.35 bits per heavy atom. The fourth-order valence-electron chi connectivity index (χ4n) is 3.25. The van der Waals surface area contributed by atoms with E-state index in [1.807, 2.05) is 0 Å². The predicted molar refractivity (Wildman–Crippen MR) is 107 cm³/mol. The van der Waals surface area contributed by atoms with Crippen LogP contribution < -0.4 is 10.7 Å². The molecule has 0 saturated heterocycles. The van der Waals surface area contributed by atoms with Crippen molar-refractivity contribution in [2.75, 3.05) is 20.3 Å². The van der Waals surface area contributed by atoms with Crippen LogP contribution in [0.1, 0.15) is 33.3 Å². The highest BCUT2D eigenvalue weighted by Crippen LogP contribution is 2.24. The van der Waals surface area contributed by atoms with Crippen LogP contribution in [0.15, 0.2) is 23.1 Å². The minimum atomic E-state index is -1.04. The molecular weight excluding hydrogens is 436 g/mol. The number of fused-ring (bicyclic) bond motifs is 1. The molecule has 31 heavy (non-hydrogen) atoms. The van der Waals surface area contributed by atoms with Crippen LogP contribution in [0.25, 0.3) is 0 Å². The summed E-state index contributed by atoms with van der Waals surface area (Å²) in [5, 5.41) is 11.9. The van der Waals surface area contributed by atoms with E-state index in [1.54, 1.807) is 6.92 Å². The van der Waals surface area contributed by atoms with E-state index in [0.29, 0.717) is 6.61 Å². The number of nitrogens with one attached hydrogen (secondary N) is 1. The first kappa shape index (κ1) is 22.7. The number of aromatic hydroxyl groups is 1. The van der Waals surface area contributed by atoms with E-state index in [4.69, 9.17) is 16.3 Å². The summed E-state index contributed by atoms with van der Waals surface area (Å²) in [4.78, 5) is 39.0. The Hall–Kier alpha value is -2.98. The molecule has 1 aliphatic heterocycles. The van der Waals surface area contributed by atoms with Crippen molar-refractivity contribution in [3.63, 3.8) is 0 Å². The predicted octanol–water partition coefficient (Wildman–Crippen LogP) is 1.91. The van der Waals surface area contributed by atoms with Gasteiger partial charge in [-0.1, -0.05) is 17.7 Å². The van der Waals surface area contributed by atoms with Gasteiger partial charge in [0.15, 0.2) is 11.4 Å². The minimum absolute atomic E-state index is 0.0874. The molecule has 1 aromatic heterocycles. The summed E-state index contributed by atoms with van der Waals surface area (Å²) in [5.74, 6) is -4.30. The lowest BCUT2D eigenvalue weighted by atomic mass is 10.1. The van der Waals surface area contributed by atoms with Crippen molar-refractivity contribution >= 4 is 23.4 Å². The molecule has 0 aliphatic carbocycles. The first-order valence-electron chi connectivity index (χ1n) is 9.39. The molecule has 3 rings (SSSR count). The van der Waals surface area contributed by atoms with Crippen molar-refractivity contribution in [3.8, 4) is 5.75 Å². The number of carbonyl (C=O) groups is 2. The van der Waals surface area contributed by atoms with Gasteiger partial charge in [0.25, 0.3) is 11.8 Å². The Morgan fingerprint density at radius 3 is 2.74 bits per heavy atom. The molecule has 0 fully saturated rings. The molecule has 8 nitrogen and oxygen atoms in total. The van der Waals surface area contributed by atoms with E-state index in [2.05, 4.69) is 5.32 Å². The number of halogens is 3. The summed E-state index contributed by atoms with van der Waals surface area (Å²) in [6.45, 7) is 2.30. The number of rotatable bonds is 6. The number of hydrogen-bond donors (Lipinski definition) is 2. The van der Waals surface area contributed by atoms with Crippen LogP contribution in [0.4, 0.5) is 8.78 Å². The average molecular weight is 456 g/mol. The lowest BCUT2D eigenvalue weighted by molar-refractivity contribution is 0.0406. The normalized spacial score (nSPS) is 15.7. The third-order valence-corrected chi connectivity index (χ3v) is 5.39. The summed E-state index contributed by atoms with van der Waals surface area (Å²) in [5.41, 5.74) is -1.78. The highest BCUT2D eigenvalue weighted by atomic mass is 35.5. The van der Waals surface area contributed by atoms with Gasteiger partial charge in [0, 0.05) is 38.5 Å². The van der Waals surface area contributed by atoms with Crippen LogP contribution in [0, 0.1) is 11.6 Å². The summed E-state index contributed by atoms with van der Waals surface area (Å²) >= 11 is 5.52. The number of aromatic nitrogens is 1. The Bertz CT molecular complexity index is 1110. The van der Waals surface area contributed by atoms with Gasteiger partial charge in [-0.05, 0) is 13.0 Å². The van der Waals surface area contributed by atoms with E-state index in [-0.39, 0.29) is 37.0 Å². The van der Waals surface area contributed by atoms with Crippen LogP contribution >= 0.6 is 11.6 Å². The van der Waals surface area contributed by atoms with Gasteiger partial charge in [0.2, 0.25) is 5.43 Å². The van der Waals surface area contributed by atoms with E-state index < -0.39 is 45.2 Å². The first-order valence-corrected chi connectivity index (χ1v) is 9.77. The molecule has 2 N–H and O–H groups in total. The second kappa shape index (κ2) is 9.03. The van der Waals surface area contributed by atoms with Gasteiger partial charge in [-0.25, -0.2) is 8.78 Å². The molecule has 0 spiro atoms. The zero-order chi connectivity index (χ0) is 22.9. The number of pyridine rings is 1. The Kier molecular flexibility index (Phi) is 6.61. The Morgan fingerprint density at radius 2 is 2.06 bits per heavy atom. The number of hydrogen-bond acceptors (Lipinski definition) is 5. The third kappa shape index (κ3) is 4.26. The van der Waals surface area contributed by atoms with Gasteiger partial charge in [-0.15, -0.1) is 0 Å². The minimum Gasteiger partial charge on any atom is -0.503 e. The van der Waals surface area contributed by atoms with Gasteiger partial charge < -0.3 is 24.6 Å². The van der Waals surface area contributed by atoms with Crippen LogP contribution in [0.3, 0.4) is 0 Å². The van der Waals surface area contributed by atoms with Crippen molar-refractivity contribution in [3.05, 3.63) is 62.0 Å². The van der Waals surface area contributed by atoms with Crippen LogP contribution in [0.2, 0.25) is 5.02 Å².